The number of halogens is 3. The number of benzene rings is 2. The molecule has 0 saturated carbocycles. The Balaban J connectivity index is 1.77. The molecule has 0 heterocycles. The third kappa shape index (κ3) is 5.62. The zero-order valence-corrected chi connectivity index (χ0v) is 13.8. The first-order valence-electron chi connectivity index (χ1n) is 6.73. The number of amides is 1. The van der Waals surface area contributed by atoms with E-state index in [1.807, 2.05) is 0 Å². The van der Waals surface area contributed by atoms with Crippen LogP contribution < -0.4 is 10.1 Å². The van der Waals surface area contributed by atoms with Crippen LogP contribution in [0.2, 0.25) is 0 Å². The molecule has 0 aromatic heterocycles. The summed E-state index contributed by atoms with van der Waals surface area (Å²) in [4.78, 5) is 23.1. The van der Waals surface area contributed by atoms with Gasteiger partial charge in [-0.3, -0.25) is 4.79 Å². The number of nitrogens with one attached hydrogen (secondary N) is 1. The van der Waals surface area contributed by atoms with Gasteiger partial charge in [0.05, 0.1) is 5.69 Å². The molecule has 0 fully saturated rings. The van der Waals surface area contributed by atoms with E-state index in [2.05, 4.69) is 21.2 Å². The molecule has 0 atom stereocenters. The normalized spacial score (nSPS) is 10.1. The van der Waals surface area contributed by atoms with Gasteiger partial charge in [0.2, 0.25) is 0 Å². The molecule has 0 spiro atoms. The summed E-state index contributed by atoms with van der Waals surface area (Å²) in [5.74, 6) is -2.62. The van der Waals surface area contributed by atoms with Gasteiger partial charge in [-0.15, -0.1) is 0 Å². The molecule has 0 radical (unpaired) electrons. The summed E-state index contributed by atoms with van der Waals surface area (Å²) >= 11 is 3.25. The first-order valence-corrected chi connectivity index (χ1v) is 7.52. The molecular formula is C16H12BrF2NO4. The van der Waals surface area contributed by atoms with Crippen LogP contribution in [0.3, 0.4) is 0 Å². The first-order chi connectivity index (χ1) is 11.4. The fourth-order valence-electron chi connectivity index (χ4n) is 1.67. The maximum absolute atomic E-state index is 13.4. The van der Waals surface area contributed by atoms with Crippen LogP contribution in [0.4, 0.5) is 14.5 Å². The van der Waals surface area contributed by atoms with Gasteiger partial charge >= 0.3 is 5.97 Å². The predicted octanol–water partition coefficient (Wildman–Crippen LogP) is 3.29. The summed E-state index contributed by atoms with van der Waals surface area (Å²) in [6.45, 7) is -1.03. The van der Waals surface area contributed by atoms with E-state index in [4.69, 9.17) is 9.47 Å². The number of ether oxygens (including phenoxy) is 2. The molecule has 24 heavy (non-hydrogen) atoms. The molecule has 2 aromatic rings. The van der Waals surface area contributed by atoms with Crippen LogP contribution >= 0.6 is 15.9 Å². The first kappa shape index (κ1) is 17.9. The third-order valence-electron chi connectivity index (χ3n) is 2.72. The topological polar surface area (TPSA) is 64.6 Å². The van der Waals surface area contributed by atoms with Crippen molar-refractivity contribution in [2.45, 2.75) is 0 Å². The van der Waals surface area contributed by atoms with Crippen LogP contribution in [0, 0.1) is 11.6 Å². The lowest BCUT2D eigenvalue weighted by molar-refractivity contribution is -0.149. The molecule has 2 rings (SSSR count). The van der Waals surface area contributed by atoms with Crippen molar-refractivity contribution in [2.75, 3.05) is 18.5 Å². The summed E-state index contributed by atoms with van der Waals surface area (Å²) in [5, 5.41) is 2.11. The van der Waals surface area contributed by atoms with Gasteiger partial charge in [-0.25, -0.2) is 13.6 Å². The standard InChI is InChI=1S/C16H12BrF2NO4/c17-10-2-1-3-12(6-10)23-9-16(22)24-8-15(21)20-14-7-11(18)4-5-13(14)19/h1-7H,8-9H2,(H,20,21). The Kier molecular flexibility index (Phi) is 6.25. The fourth-order valence-corrected chi connectivity index (χ4v) is 2.04. The maximum Gasteiger partial charge on any atom is 0.344 e. The number of hydrogen-bond acceptors (Lipinski definition) is 4. The number of rotatable bonds is 6. The fraction of sp³-hybridized carbons (Fsp3) is 0.125. The zero-order chi connectivity index (χ0) is 17.5. The second-order valence-electron chi connectivity index (χ2n) is 4.58. The van der Waals surface area contributed by atoms with Crippen LogP contribution in [0.5, 0.6) is 5.75 Å². The van der Waals surface area contributed by atoms with E-state index in [9.17, 15) is 18.4 Å². The van der Waals surface area contributed by atoms with Gasteiger partial charge in [0.25, 0.3) is 5.91 Å². The highest BCUT2D eigenvalue weighted by molar-refractivity contribution is 9.10. The van der Waals surface area contributed by atoms with Gasteiger partial charge in [0, 0.05) is 10.5 Å². The number of esters is 1. The Morgan fingerprint density at radius 1 is 1.08 bits per heavy atom. The SMILES string of the molecule is O=C(COC(=O)COc1cccc(Br)c1)Nc1cc(F)ccc1F. The average molecular weight is 400 g/mol. The highest BCUT2D eigenvalue weighted by Crippen LogP contribution is 2.17. The van der Waals surface area contributed by atoms with E-state index in [1.165, 1.54) is 0 Å². The maximum atomic E-state index is 13.4. The zero-order valence-electron chi connectivity index (χ0n) is 12.2. The van der Waals surface area contributed by atoms with Crippen molar-refractivity contribution in [2.24, 2.45) is 0 Å². The van der Waals surface area contributed by atoms with Crippen molar-refractivity contribution in [1.29, 1.82) is 0 Å². The van der Waals surface area contributed by atoms with E-state index < -0.39 is 36.7 Å². The molecule has 5 nitrogen and oxygen atoms in total. The van der Waals surface area contributed by atoms with Crippen molar-refractivity contribution in [3.63, 3.8) is 0 Å². The molecule has 0 saturated heterocycles. The highest BCUT2D eigenvalue weighted by atomic mass is 79.9. The van der Waals surface area contributed by atoms with Crippen molar-refractivity contribution in [3.8, 4) is 5.75 Å². The van der Waals surface area contributed by atoms with Crippen LogP contribution in [0.25, 0.3) is 0 Å². The lowest BCUT2D eigenvalue weighted by atomic mass is 10.3. The van der Waals surface area contributed by atoms with Gasteiger partial charge in [-0.1, -0.05) is 22.0 Å². The van der Waals surface area contributed by atoms with Gasteiger partial charge in [0.15, 0.2) is 13.2 Å². The second-order valence-corrected chi connectivity index (χ2v) is 5.49. The van der Waals surface area contributed by atoms with E-state index in [0.717, 1.165) is 22.7 Å². The monoisotopic (exact) mass is 399 g/mol. The van der Waals surface area contributed by atoms with Crippen LogP contribution in [-0.2, 0) is 14.3 Å². The molecule has 126 valence electrons. The molecule has 0 aliphatic carbocycles. The Morgan fingerprint density at radius 2 is 1.88 bits per heavy atom. The molecule has 2 aromatic carbocycles. The number of hydrogen-bond donors (Lipinski definition) is 1. The minimum absolute atomic E-state index is 0.332. The minimum Gasteiger partial charge on any atom is -0.482 e. The van der Waals surface area contributed by atoms with E-state index in [-0.39, 0.29) is 5.69 Å². The summed E-state index contributed by atoms with van der Waals surface area (Å²) in [5.41, 5.74) is -0.332. The molecule has 1 N–H and O–H groups in total. The molecule has 0 bridgehead atoms. The van der Waals surface area contributed by atoms with Gasteiger partial charge in [-0.05, 0) is 30.3 Å². The Morgan fingerprint density at radius 3 is 2.62 bits per heavy atom. The van der Waals surface area contributed by atoms with Crippen LogP contribution in [0.15, 0.2) is 46.9 Å². The summed E-state index contributed by atoms with van der Waals surface area (Å²) < 4.78 is 37.0. The lowest BCUT2D eigenvalue weighted by Gasteiger charge is -2.08. The van der Waals surface area contributed by atoms with Crippen molar-refractivity contribution >= 4 is 33.5 Å². The van der Waals surface area contributed by atoms with Gasteiger partial charge in [-0.2, -0.15) is 0 Å². The van der Waals surface area contributed by atoms with Gasteiger partial charge in [0.1, 0.15) is 17.4 Å². The largest absolute Gasteiger partial charge is 0.482 e. The van der Waals surface area contributed by atoms with Crippen LogP contribution in [0.1, 0.15) is 0 Å². The van der Waals surface area contributed by atoms with Crippen LogP contribution in [-0.4, -0.2) is 25.1 Å². The second kappa shape index (κ2) is 8.39. The van der Waals surface area contributed by atoms with Crippen molar-refractivity contribution in [1.82, 2.24) is 0 Å². The number of carbonyl (C=O) groups is 2. The lowest BCUT2D eigenvalue weighted by Crippen LogP contribution is -2.24. The van der Waals surface area contributed by atoms with E-state index >= 15 is 0 Å². The quantitative estimate of drug-likeness (QED) is 0.756. The molecule has 1 amide bonds. The highest BCUT2D eigenvalue weighted by Gasteiger charge is 2.11. The predicted molar refractivity (Wildman–Crippen MR) is 85.6 cm³/mol. The summed E-state index contributed by atoms with van der Waals surface area (Å²) in [6.07, 6.45) is 0. The Labute approximate surface area is 144 Å². The number of carbonyl (C=O) groups excluding carboxylic acids is 2. The molecule has 8 heteroatoms. The molecule has 0 unspecified atom stereocenters. The molecule has 0 aliphatic rings. The van der Waals surface area contributed by atoms with Gasteiger partial charge < -0.3 is 14.8 Å². The van der Waals surface area contributed by atoms with Crippen molar-refractivity contribution in [3.05, 3.63) is 58.6 Å². The molecular weight excluding hydrogens is 388 g/mol. The Bertz CT molecular complexity index is 755. The minimum atomic E-state index is -0.797. The Hall–Kier alpha value is -2.48. The summed E-state index contributed by atoms with van der Waals surface area (Å²) in [7, 11) is 0. The number of anilines is 1. The summed E-state index contributed by atoms with van der Waals surface area (Å²) in [6, 6.07) is 9.45. The average Bonchev–Trinajstić information content (AvgIpc) is 2.54. The van der Waals surface area contributed by atoms with Crippen molar-refractivity contribution < 1.29 is 27.8 Å². The van der Waals surface area contributed by atoms with E-state index in [1.54, 1.807) is 24.3 Å². The molecule has 0 aliphatic heterocycles. The smallest absolute Gasteiger partial charge is 0.344 e. The van der Waals surface area contributed by atoms with E-state index in [0.29, 0.717) is 5.75 Å². The third-order valence-corrected chi connectivity index (χ3v) is 3.21.